The minimum Gasteiger partial charge on any atom is -0.449 e. The van der Waals surface area contributed by atoms with Gasteiger partial charge < -0.3 is 25.8 Å². The van der Waals surface area contributed by atoms with Crippen LogP contribution in [0.3, 0.4) is 0 Å². The van der Waals surface area contributed by atoms with Crippen molar-refractivity contribution in [1.82, 2.24) is 15.3 Å². The van der Waals surface area contributed by atoms with Gasteiger partial charge in [-0.15, -0.1) is 0 Å². The second kappa shape index (κ2) is 10.2. The van der Waals surface area contributed by atoms with Crippen LogP contribution in [0.5, 0.6) is 0 Å². The van der Waals surface area contributed by atoms with Gasteiger partial charge in [0.1, 0.15) is 18.1 Å². The lowest BCUT2D eigenvalue weighted by Crippen LogP contribution is -2.36. The summed E-state index contributed by atoms with van der Waals surface area (Å²) in [5, 5.41) is 5.01. The maximum Gasteiger partial charge on any atom is 0.407 e. The van der Waals surface area contributed by atoms with E-state index in [4.69, 9.17) is 15.2 Å². The van der Waals surface area contributed by atoms with Crippen LogP contribution in [-0.4, -0.2) is 41.1 Å². The molecule has 0 spiro atoms. The third-order valence-electron chi connectivity index (χ3n) is 5.67. The molecule has 0 saturated carbocycles. The molecule has 1 saturated heterocycles. The number of anilines is 2. The van der Waals surface area contributed by atoms with Crippen molar-refractivity contribution < 1.29 is 31.8 Å². The second-order valence-electron chi connectivity index (χ2n) is 8.63. The molecule has 12 heteroatoms. The number of halogens is 4. The Morgan fingerprint density at radius 3 is 2.66 bits per heavy atom. The number of aromatic nitrogens is 2. The van der Waals surface area contributed by atoms with Crippen LogP contribution in [0.4, 0.5) is 34.0 Å². The van der Waals surface area contributed by atoms with Crippen molar-refractivity contribution in [3.63, 3.8) is 0 Å². The Hall–Kier alpha value is -3.25. The zero-order valence-electron chi connectivity index (χ0n) is 18.8. The summed E-state index contributed by atoms with van der Waals surface area (Å²) in [4.78, 5) is 20.2. The number of alkyl carbamates (subject to hydrolysis) is 1. The fraction of sp³-hybridized carbons (Fsp3) is 0.435. The third kappa shape index (κ3) is 6.89. The number of hydrogen-bond acceptors (Lipinski definition) is 7. The van der Waals surface area contributed by atoms with Crippen LogP contribution in [0, 0.1) is 11.7 Å². The largest absolute Gasteiger partial charge is 0.449 e. The number of nitrogens with zero attached hydrogens (tertiary/aromatic N) is 2. The molecule has 188 valence electrons. The molecule has 2 aromatic rings. The third-order valence-corrected chi connectivity index (χ3v) is 5.67. The van der Waals surface area contributed by atoms with E-state index in [0.717, 1.165) is 11.1 Å². The average molecular weight is 495 g/mol. The lowest BCUT2D eigenvalue weighted by atomic mass is 10.1. The predicted molar refractivity (Wildman–Crippen MR) is 119 cm³/mol. The number of ether oxygens (including phenoxy) is 2. The van der Waals surface area contributed by atoms with Crippen LogP contribution in [0.2, 0.25) is 0 Å². The lowest BCUT2D eigenvalue weighted by molar-refractivity contribution is -0.138. The molecule has 0 radical (unpaired) electrons. The summed E-state index contributed by atoms with van der Waals surface area (Å²) >= 11 is 0. The summed E-state index contributed by atoms with van der Waals surface area (Å²) in [5.41, 5.74) is 8.23. The molecule has 2 aliphatic rings. The zero-order chi connectivity index (χ0) is 25.2. The van der Waals surface area contributed by atoms with E-state index in [0.29, 0.717) is 18.4 Å². The van der Waals surface area contributed by atoms with E-state index in [1.54, 1.807) is 24.5 Å². The van der Waals surface area contributed by atoms with Crippen molar-refractivity contribution in [1.29, 1.82) is 0 Å². The van der Waals surface area contributed by atoms with Crippen LogP contribution in [0.15, 0.2) is 36.7 Å². The molecule has 4 rings (SSSR count). The number of alkyl halides is 3. The smallest absolute Gasteiger partial charge is 0.407 e. The summed E-state index contributed by atoms with van der Waals surface area (Å²) in [6, 6.07) is 3.58. The average Bonchev–Trinajstić information content (AvgIpc) is 3.32. The van der Waals surface area contributed by atoms with Gasteiger partial charge in [-0.05, 0) is 43.0 Å². The molecular weight excluding hydrogens is 470 g/mol. The zero-order valence-corrected chi connectivity index (χ0v) is 18.8. The molecule has 4 N–H and O–H groups in total. The van der Waals surface area contributed by atoms with E-state index in [-0.39, 0.29) is 30.3 Å². The van der Waals surface area contributed by atoms with Gasteiger partial charge in [-0.25, -0.2) is 19.2 Å². The number of nitrogens with two attached hydrogens (primary N) is 1. The highest BCUT2D eigenvalue weighted by Gasteiger charge is 2.37. The van der Waals surface area contributed by atoms with E-state index >= 15 is 0 Å². The van der Waals surface area contributed by atoms with E-state index in [9.17, 15) is 22.4 Å². The molecule has 35 heavy (non-hydrogen) atoms. The van der Waals surface area contributed by atoms with Gasteiger partial charge in [-0.1, -0.05) is 12.1 Å². The highest BCUT2D eigenvalue weighted by Crippen LogP contribution is 2.36. The fourth-order valence-electron chi connectivity index (χ4n) is 3.87. The standard InChI is InChI=1S/C23H25F4N5O3/c1-12(8-23(25,26)27)31-22(33)34-11-13-2-3-14(6-13)16-9-29-21(30-10-16)32-18-5-4-15(7-17(18)24)19-20(28)35-19/h4-7,9-10,12-13,19-20H,2-3,8,11,28H2,1H3,(H,31,33)(H,29,30,32)/t12-,13+,19?,20?/m0/s1. The molecule has 2 unspecified atom stereocenters. The summed E-state index contributed by atoms with van der Waals surface area (Å²) in [6.45, 7) is 1.32. The topological polar surface area (TPSA) is 115 Å². The van der Waals surface area contributed by atoms with Crippen LogP contribution in [-0.2, 0) is 9.47 Å². The number of carbonyl (C=O) groups is 1. The number of allylic oxidation sites excluding steroid dienone is 1. The molecule has 1 aromatic carbocycles. The van der Waals surface area contributed by atoms with E-state index < -0.39 is 36.8 Å². The number of amides is 1. The number of nitrogens with one attached hydrogen (secondary N) is 2. The van der Waals surface area contributed by atoms with Crippen molar-refractivity contribution in [2.24, 2.45) is 11.7 Å². The number of carbonyl (C=O) groups excluding carboxylic acids is 1. The first kappa shape index (κ1) is 24.9. The summed E-state index contributed by atoms with van der Waals surface area (Å²) in [5.74, 6) is -0.318. The number of hydrogen-bond donors (Lipinski definition) is 3. The molecule has 1 aliphatic carbocycles. The Kier molecular flexibility index (Phi) is 7.22. The van der Waals surface area contributed by atoms with Gasteiger partial charge in [-0.3, -0.25) is 0 Å². The SMILES string of the molecule is C[C@@H](CC(F)(F)F)NC(=O)OC[C@H]1C=C(c2cnc(Nc3ccc(C4OC4N)cc3F)nc2)CC1. The minimum atomic E-state index is -4.36. The van der Waals surface area contributed by atoms with Crippen LogP contribution >= 0.6 is 0 Å². The Bertz CT molecular complexity index is 1090. The van der Waals surface area contributed by atoms with Crippen molar-refractivity contribution >= 4 is 23.3 Å². The predicted octanol–water partition coefficient (Wildman–Crippen LogP) is 4.58. The van der Waals surface area contributed by atoms with Gasteiger partial charge in [0.05, 0.1) is 18.7 Å². The van der Waals surface area contributed by atoms with Gasteiger partial charge in [0.2, 0.25) is 5.95 Å². The van der Waals surface area contributed by atoms with Crippen LogP contribution in [0.25, 0.3) is 5.57 Å². The molecule has 1 aromatic heterocycles. The van der Waals surface area contributed by atoms with Crippen molar-refractivity contribution in [3.8, 4) is 0 Å². The first-order chi connectivity index (χ1) is 16.6. The molecular formula is C23H25F4N5O3. The molecule has 1 fully saturated rings. The Labute approximate surface area is 198 Å². The normalized spacial score (nSPS) is 22.3. The molecule has 4 atom stereocenters. The summed E-state index contributed by atoms with van der Waals surface area (Å²) in [6.07, 6.45) is -0.469. The molecule has 1 aliphatic heterocycles. The molecule has 1 amide bonds. The Morgan fingerprint density at radius 2 is 2.03 bits per heavy atom. The van der Waals surface area contributed by atoms with Gasteiger partial charge in [0.15, 0.2) is 0 Å². The Balaban J connectivity index is 1.27. The van der Waals surface area contributed by atoms with Gasteiger partial charge in [0.25, 0.3) is 0 Å². The van der Waals surface area contributed by atoms with Gasteiger partial charge in [0, 0.05) is 29.9 Å². The van der Waals surface area contributed by atoms with E-state index in [1.807, 2.05) is 6.08 Å². The first-order valence-electron chi connectivity index (χ1n) is 11.1. The first-order valence-corrected chi connectivity index (χ1v) is 11.1. The lowest BCUT2D eigenvalue weighted by Gasteiger charge is -2.16. The summed E-state index contributed by atoms with van der Waals surface area (Å²) < 4.78 is 61.7. The fourth-order valence-corrected chi connectivity index (χ4v) is 3.87. The van der Waals surface area contributed by atoms with Crippen molar-refractivity contribution in [2.75, 3.05) is 11.9 Å². The van der Waals surface area contributed by atoms with Crippen LogP contribution < -0.4 is 16.4 Å². The van der Waals surface area contributed by atoms with Crippen LogP contribution in [0.1, 0.15) is 43.4 Å². The number of epoxide rings is 1. The van der Waals surface area contributed by atoms with E-state index in [1.165, 1.54) is 13.0 Å². The molecule has 8 nitrogen and oxygen atoms in total. The van der Waals surface area contributed by atoms with E-state index in [2.05, 4.69) is 20.6 Å². The second-order valence-corrected chi connectivity index (χ2v) is 8.63. The maximum atomic E-state index is 14.4. The van der Waals surface area contributed by atoms with Gasteiger partial charge in [-0.2, -0.15) is 13.2 Å². The molecule has 2 heterocycles. The Morgan fingerprint density at radius 1 is 1.31 bits per heavy atom. The minimum absolute atomic E-state index is 0.0562. The monoisotopic (exact) mass is 495 g/mol. The summed E-state index contributed by atoms with van der Waals surface area (Å²) in [7, 11) is 0. The van der Waals surface area contributed by atoms with Crippen molar-refractivity contribution in [3.05, 3.63) is 53.6 Å². The van der Waals surface area contributed by atoms with Crippen molar-refractivity contribution in [2.45, 2.75) is 50.7 Å². The maximum absolute atomic E-state index is 14.4. The molecule has 0 bridgehead atoms. The highest BCUT2D eigenvalue weighted by atomic mass is 19.4. The number of rotatable bonds is 8. The number of benzene rings is 1. The van der Waals surface area contributed by atoms with Gasteiger partial charge >= 0.3 is 12.3 Å². The highest BCUT2D eigenvalue weighted by molar-refractivity contribution is 5.69. The quantitative estimate of drug-likeness (QED) is 0.363.